The molecular weight excluding hydrogens is 346 g/mol. The molecule has 2 aliphatic carbocycles. The van der Waals surface area contributed by atoms with E-state index in [0.717, 1.165) is 30.6 Å². The van der Waals surface area contributed by atoms with E-state index in [1.54, 1.807) is 11.8 Å². The third-order valence-corrected chi connectivity index (χ3v) is 6.93. The van der Waals surface area contributed by atoms with E-state index in [2.05, 4.69) is 31.9 Å². The molecular formula is C19H31N5OS. The molecule has 1 aliphatic heterocycles. The summed E-state index contributed by atoms with van der Waals surface area (Å²) in [7, 11) is 0. The van der Waals surface area contributed by atoms with Crippen LogP contribution in [0.15, 0.2) is 5.16 Å². The van der Waals surface area contributed by atoms with Crippen LogP contribution in [-0.4, -0.2) is 45.6 Å². The van der Waals surface area contributed by atoms with Crippen LogP contribution in [0.1, 0.15) is 70.8 Å². The molecule has 2 saturated carbocycles. The fraction of sp³-hybridized carbons (Fsp3) is 0.842. The van der Waals surface area contributed by atoms with Crippen LogP contribution < -0.4 is 10.2 Å². The van der Waals surface area contributed by atoms with E-state index in [0.29, 0.717) is 23.8 Å². The number of aromatic nitrogens is 3. The minimum Gasteiger partial charge on any atom is -0.352 e. The van der Waals surface area contributed by atoms with Gasteiger partial charge in [-0.15, -0.1) is 10.2 Å². The van der Waals surface area contributed by atoms with Gasteiger partial charge in [0, 0.05) is 25.2 Å². The smallest absolute Gasteiger partial charge is 0.230 e. The van der Waals surface area contributed by atoms with Crippen molar-refractivity contribution < 1.29 is 4.79 Å². The zero-order valence-electron chi connectivity index (χ0n) is 15.8. The number of nitrogens with zero attached hydrogens (tertiary/aromatic N) is 4. The fourth-order valence-corrected chi connectivity index (χ4v) is 5.05. The molecule has 6 nitrogen and oxygen atoms in total. The Hall–Kier alpha value is -1.24. The lowest BCUT2D eigenvalue weighted by Crippen LogP contribution is -2.41. The highest BCUT2D eigenvalue weighted by Gasteiger charge is 2.32. The summed E-state index contributed by atoms with van der Waals surface area (Å²) in [5.41, 5.74) is 0. The zero-order chi connectivity index (χ0) is 17.9. The third kappa shape index (κ3) is 4.18. The van der Waals surface area contributed by atoms with Crippen LogP contribution in [0.4, 0.5) is 5.95 Å². The van der Waals surface area contributed by atoms with Crippen molar-refractivity contribution >= 4 is 23.6 Å². The highest BCUT2D eigenvalue weighted by molar-refractivity contribution is 7.99. The summed E-state index contributed by atoms with van der Waals surface area (Å²) in [6.45, 7) is 4.41. The van der Waals surface area contributed by atoms with Gasteiger partial charge in [0.1, 0.15) is 0 Å². The highest BCUT2D eigenvalue weighted by atomic mass is 32.2. The second kappa shape index (κ2) is 8.19. The maximum atomic E-state index is 12.4. The molecule has 3 fully saturated rings. The number of amides is 1. The van der Waals surface area contributed by atoms with Crippen LogP contribution in [0.25, 0.3) is 0 Å². The van der Waals surface area contributed by atoms with Crippen LogP contribution in [-0.2, 0) is 4.79 Å². The van der Waals surface area contributed by atoms with Crippen molar-refractivity contribution in [3.05, 3.63) is 0 Å². The van der Waals surface area contributed by atoms with E-state index in [9.17, 15) is 4.79 Å². The zero-order valence-corrected chi connectivity index (χ0v) is 16.6. The molecule has 0 radical (unpaired) electrons. The molecule has 144 valence electrons. The molecule has 0 spiro atoms. The first kappa shape index (κ1) is 18.1. The van der Waals surface area contributed by atoms with E-state index in [4.69, 9.17) is 0 Å². The van der Waals surface area contributed by atoms with Crippen molar-refractivity contribution in [3.8, 4) is 0 Å². The number of piperidine rings is 1. The summed E-state index contributed by atoms with van der Waals surface area (Å²) in [5, 5.41) is 13.1. The van der Waals surface area contributed by atoms with E-state index >= 15 is 0 Å². The van der Waals surface area contributed by atoms with Gasteiger partial charge in [-0.2, -0.15) is 0 Å². The Kier molecular flexibility index (Phi) is 5.72. The number of hydrogen-bond donors (Lipinski definition) is 1. The van der Waals surface area contributed by atoms with Crippen LogP contribution in [0, 0.1) is 5.92 Å². The van der Waals surface area contributed by atoms with E-state index in [-0.39, 0.29) is 5.91 Å². The van der Waals surface area contributed by atoms with Crippen molar-refractivity contribution in [2.24, 2.45) is 5.92 Å². The second-order valence-electron chi connectivity index (χ2n) is 8.16. The van der Waals surface area contributed by atoms with Crippen LogP contribution in [0.5, 0.6) is 0 Å². The first-order valence-corrected chi connectivity index (χ1v) is 11.3. The second-order valence-corrected chi connectivity index (χ2v) is 9.10. The van der Waals surface area contributed by atoms with Crippen molar-refractivity contribution in [3.63, 3.8) is 0 Å². The Morgan fingerprint density at radius 2 is 1.85 bits per heavy atom. The number of anilines is 1. The SMILES string of the molecule is CC1CCCCC1NC(=O)CSc1nnc(N2CCCCC2)n1C1CC1. The summed E-state index contributed by atoms with van der Waals surface area (Å²) in [5.74, 6) is 2.20. The van der Waals surface area contributed by atoms with Gasteiger partial charge < -0.3 is 10.2 Å². The summed E-state index contributed by atoms with van der Waals surface area (Å²) < 4.78 is 2.30. The maximum absolute atomic E-state index is 12.4. The summed E-state index contributed by atoms with van der Waals surface area (Å²) in [6, 6.07) is 0.882. The molecule has 1 aromatic heterocycles. The minimum atomic E-state index is 0.138. The molecule has 3 aliphatic rings. The summed E-state index contributed by atoms with van der Waals surface area (Å²) >= 11 is 1.55. The minimum absolute atomic E-state index is 0.138. The van der Waals surface area contributed by atoms with Gasteiger partial charge in [-0.3, -0.25) is 9.36 Å². The molecule has 0 bridgehead atoms. The molecule has 0 aromatic carbocycles. The third-order valence-electron chi connectivity index (χ3n) is 5.99. The summed E-state index contributed by atoms with van der Waals surface area (Å²) in [6.07, 6.45) is 11.1. The van der Waals surface area contributed by atoms with Gasteiger partial charge in [-0.05, 0) is 50.9 Å². The molecule has 4 rings (SSSR count). The van der Waals surface area contributed by atoms with Crippen molar-refractivity contribution in [2.45, 2.75) is 82.0 Å². The first-order chi connectivity index (χ1) is 12.7. The molecule has 1 saturated heterocycles. The standard InChI is InChI=1S/C19H31N5OS/c1-14-7-3-4-8-16(14)20-17(25)13-26-19-22-21-18(24(19)15-9-10-15)23-11-5-2-6-12-23/h14-16H,2-13H2,1H3,(H,20,25). The van der Waals surface area contributed by atoms with E-state index < -0.39 is 0 Å². The number of hydrogen-bond acceptors (Lipinski definition) is 5. The molecule has 1 aromatic rings. The summed E-state index contributed by atoms with van der Waals surface area (Å²) in [4.78, 5) is 14.8. The quantitative estimate of drug-likeness (QED) is 0.770. The number of carbonyl (C=O) groups excluding carboxylic acids is 1. The van der Waals surface area contributed by atoms with E-state index in [1.807, 2.05) is 0 Å². The molecule has 2 heterocycles. The predicted molar refractivity (Wildman–Crippen MR) is 105 cm³/mol. The Morgan fingerprint density at radius 3 is 2.58 bits per heavy atom. The van der Waals surface area contributed by atoms with Gasteiger partial charge in [-0.1, -0.05) is 31.5 Å². The molecule has 26 heavy (non-hydrogen) atoms. The molecule has 7 heteroatoms. The van der Waals surface area contributed by atoms with Gasteiger partial charge in [-0.25, -0.2) is 0 Å². The lowest BCUT2D eigenvalue weighted by atomic mass is 9.86. The maximum Gasteiger partial charge on any atom is 0.230 e. The van der Waals surface area contributed by atoms with Crippen molar-refractivity contribution in [1.82, 2.24) is 20.1 Å². The van der Waals surface area contributed by atoms with Crippen LogP contribution in [0.3, 0.4) is 0 Å². The topological polar surface area (TPSA) is 63.1 Å². The molecule has 1 N–H and O–H groups in total. The van der Waals surface area contributed by atoms with E-state index in [1.165, 1.54) is 51.4 Å². The van der Waals surface area contributed by atoms with Gasteiger partial charge in [0.15, 0.2) is 5.16 Å². The average Bonchev–Trinajstić information content (AvgIpc) is 3.42. The highest BCUT2D eigenvalue weighted by Crippen LogP contribution is 2.41. The molecule has 2 unspecified atom stereocenters. The normalized spacial score (nSPS) is 26.7. The lowest BCUT2D eigenvalue weighted by molar-refractivity contribution is -0.119. The van der Waals surface area contributed by atoms with Gasteiger partial charge >= 0.3 is 0 Å². The largest absolute Gasteiger partial charge is 0.352 e. The Balaban J connectivity index is 1.37. The Morgan fingerprint density at radius 1 is 1.08 bits per heavy atom. The number of nitrogens with one attached hydrogen (secondary N) is 1. The predicted octanol–water partition coefficient (Wildman–Crippen LogP) is 3.39. The fourth-order valence-electron chi connectivity index (χ4n) is 4.24. The van der Waals surface area contributed by atoms with Crippen molar-refractivity contribution in [1.29, 1.82) is 0 Å². The van der Waals surface area contributed by atoms with Gasteiger partial charge in [0.05, 0.1) is 5.75 Å². The molecule has 1 amide bonds. The van der Waals surface area contributed by atoms with Crippen molar-refractivity contribution in [2.75, 3.05) is 23.7 Å². The Bertz CT molecular complexity index is 623. The van der Waals surface area contributed by atoms with Gasteiger partial charge in [0.2, 0.25) is 11.9 Å². The van der Waals surface area contributed by atoms with Crippen LogP contribution >= 0.6 is 11.8 Å². The first-order valence-electron chi connectivity index (χ1n) is 10.3. The van der Waals surface area contributed by atoms with Crippen LogP contribution in [0.2, 0.25) is 0 Å². The average molecular weight is 378 g/mol. The van der Waals surface area contributed by atoms with Gasteiger partial charge in [0.25, 0.3) is 0 Å². The number of rotatable bonds is 6. The monoisotopic (exact) mass is 377 g/mol. The number of thioether (sulfide) groups is 1. The lowest BCUT2D eigenvalue weighted by Gasteiger charge is -2.29. The Labute approximate surface area is 160 Å². The number of carbonyl (C=O) groups is 1. The molecule has 2 atom stereocenters.